The largest absolute Gasteiger partial charge is 0.472 e. The second-order valence-electron chi connectivity index (χ2n) is 6.62. The van der Waals surface area contributed by atoms with Crippen molar-refractivity contribution < 1.29 is 18.7 Å². The van der Waals surface area contributed by atoms with E-state index in [-0.39, 0.29) is 11.3 Å². The number of rotatable bonds is 5. The summed E-state index contributed by atoms with van der Waals surface area (Å²) in [6.45, 7) is 3.85. The molecule has 2 saturated heterocycles. The van der Waals surface area contributed by atoms with Crippen molar-refractivity contribution in [1.29, 1.82) is 0 Å². The van der Waals surface area contributed by atoms with Crippen LogP contribution in [0.3, 0.4) is 0 Å². The minimum Gasteiger partial charge on any atom is -0.472 e. The van der Waals surface area contributed by atoms with E-state index < -0.39 is 0 Å². The summed E-state index contributed by atoms with van der Waals surface area (Å²) in [6.07, 6.45) is 6.55. The monoisotopic (exact) mass is 328 g/mol. The topological polar surface area (TPSA) is 64.8 Å². The Labute approximate surface area is 140 Å². The summed E-state index contributed by atoms with van der Waals surface area (Å²) >= 11 is 0. The number of amides is 1. The van der Waals surface area contributed by atoms with Crippen LogP contribution in [0.5, 0.6) is 0 Å². The number of hydrogen-bond donors (Lipinski definition) is 0. The molecule has 2 aliphatic heterocycles. The van der Waals surface area contributed by atoms with Crippen molar-refractivity contribution in [2.45, 2.75) is 6.61 Å². The molecule has 126 valence electrons. The van der Waals surface area contributed by atoms with Crippen molar-refractivity contribution in [2.75, 3.05) is 32.9 Å². The number of pyridine rings is 1. The van der Waals surface area contributed by atoms with Crippen LogP contribution in [0.2, 0.25) is 0 Å². The van der Waals surface area contributed by atoms with E-state index in [1.165, 1.54) is 12.5 Å². The van der Waals surface area contributed by atoms with Crippen molar-refractivity contribution in [3.8, 4) is 0 Å². The van der Waals surface area contributed by atoms with Gasteiger partial charge in [0.2, 0.25) is 0 Å². The summed E-state index contributed by atoms with van der Waals surface area (Å²) in [6, 6.07) is 5.60. The number of likely N-dealkylation sites (tertiary alicyclic amines) is 1. The molecule has 0 unspecified atom stereocenters. The Morgan fingerprint density at radius 2 is 2.25 bits per heavy atom. The van der Waals surface area contributed by atoms with Crippen molar-refractivity contribution in [3.63, 3.8) is 0 Å². The van der Waals surface area contributed by atoms with E-state index in [0.717, 1.165) is 5.56 Å². The van der Waals surface area contributed by atoms with Crippen LogP contribution in [0.1, 0.15) is 15.9 Å². The van der Waals surface area contributed by atoms with E-state index in [4.69, 9.17) is 13.9 Å². The highest BCUT2D eigenvalue weighted by molar-refractivity contribution is 5.94. The van der Waals surface area contributed by atoms with E-state index in [1.807, 2.05) is 17.0 Å². The van der Waals surface area contributed by atoms with Crippen LogP contribution < -0.4 is 0 Å². The Morgan fingerprint density at radius 1 is 1.38 bits per heavy atom. The van der Waals surface area contributed by atoms with Crippen molar-refractivity contribution in [2.24, 2.45) is 11.3 Å². The summed E-state index contributed by atoms with van der Waals surface area (Å²) < 4.78 is 16.7. The Hall–Kier alpha value is -2.18. The van der Waals surface area contributed by atoms with Crippen molar-refractivity contribution in [3.05, 3.63) is 54.2 Å². The van der Waals surface area contributed by atoms with E-state index in [2.05, 4.69) is 4.98 Å². The molecular formula is C18H20N2O4. The molecule has 1 amide bonds. The number of carbonyl (C=O) groups excluding carboxylic acids is 1. The van der Waals surface area contributed by atoms with Crippen LogP contribution in [0.15, 0.2) is 47.5 Å². The molecule has 6 heteroatoms. The zero-order valence-electron chi connectivity index (χ0n) is 13.4. The predicted octanol–water partition coefficient (Wildman–Crippen LogP) is 1.98. The molecule has 2 fully saturated rings. The minimum atomic E-state index is -0.105. The number of carbonyl (C=O) groups is 1. The molecule has 0 bridgehead atoms. The van der Waals surface area contributed by atoms with Crippen LogP contribution in [-0.4, -0.2) is 48.7 Å². The van der Waals surface area contributed by atoms with Gasteiger partial charge in [-0.3, -0.25) is 9.78 Å². The van der Waals surface area contributed by atoms with Gasteiger partial charge in [-0.05, 0) is 23.8 Å². The van der Waals surface area contributed by atoms with Crippen LogP contribution >= 0.6 is 0 Å². The Balaban J connectivity index is 1.40. The quantitative estimate of drug-likeness (QED) is 0.840. The van der Waals surface area contributed by atoms with Gasteiger partial charge in [0.1, 0.15) is 6.26 Å². The van der Waals surface area contributed by atoms with Crippen LogP contribution in [0.25, 0.3) is 0 Å². The zero-order valence-corrected chi connectivity index (χ0v) is 13.4. The summed E-state index contributed by atoms with van der Waals surface area (Å²) in [7, 11) is 0. The molecular weight excluding hydrogens is 308 g/mol. The number of furan rings is 1. The van der Waals surface area contributed by atoms with E-state index in [1.54, 1.807) is 18.5 Å². The normalized spacial score (nSPS) is 25.8. The van der Waals surface area contributed by atoms with Crippen LogP contribution in [0, 0.1) is 11.3 Å². The maximum Gasteiger partial charge on any atom is 0.257 e. The molecule has 0 spiro atoms. The minimum absolute atomic E-state index is 0.0201. The third kappa shape index (κ3) is 2.83. The van der Waals surface area contributed by atoms with E-state index in [9.17, 15) is 4.79 Å². The Kier molecular flexibility index (Phi) is 4.08. The lowest BCUT2D eigenvalue weighted by Crippen LogP contribution is -2.37. The maximum absolute atomic E-state index is 12.6. The van der Waals surface area contributed by atoms with Crippen LogP contribution in [0.4, 0.5) is 0 Å². The molecule has 0 aliphatic carbocycles. The van der Waals surface area contributed by atoms with Gasteiger partial charge in [-0.15, -0.1) is 0 Å². The fraction of sp³-hybridized carbons (Fsp3) is 0.444. The maximum atomic E-state index is 12.6. The predicted molar refractivity (Wildman–Crippen MR) is 85.2 cm³/mol. The SMILES string of the molecule is O=C(c1ccoc1)N1C[C@@H]2COC[C@]2(COCc2ccncc2)C1. The second kappa shape index (κ2) is 6.37. The lowest BCUT2D eigenvalue weighted by molar-refractivity contribution is 0.0186. The van der Waals surface area contributed by atoms with Gasteiger partial charge in [-0.25, -0.2) is 0 Å². The molecule has 0 aromatic carbocycles. The van der Waals surface area contributed by atoms with Gasteiger partial charge in [0.15, 0.2) is 0 Å². The van der Waals surface area contributed by atoms with Gasteiger partial charge >= 0.3 is 0 Å². The molecule has 2 aromatic heterocycles. The molecule has 2 aromatic rings. The third-order valence-electron chi connectivity index (χ3n) is 4.98. The third-order valence-corrected chi connectivity index (χ3v) is 4.98. The van der Waals surface area contributed by atoms with Gasteiger partial charge in [0, 0.05) is 36.8 Å². The molecule has 0 radical (unpaired) electrons. The van der Waals surface area contributed by atoms with Crippen molar-refractivity contribution in [1.82, 2.24) is 9.88 Å². The first kappa shape index (κ1) is 15.4. The summed E-state index contributed by atoms with van der Waals surface area (Å²) in [5.74, 6) is 0.345. The summed E-state index contributed by atoms with van der Waals surface area (Å²) in [5, 5.41) is 0. The highest BCUT2D eigenvalue weighted by Crippen LogP contribution is 2.42. The highest BCUT2D eigenvalue weighted by atomic mass is 16.5. The number of fused-ring (bicyclic) bond motifs is 1. The smallest absolute Gasteiger partial charge is 0.257 e. The first-order valence-electron chi connectivity index (χ1n) is 8.13. The first-order valence-corrected chi connectivity index (χ1v) is 8.13. The molecule has 2 atom stereocenters. The zero-order chi connectivity index (χ0) is 16.4. The number of hydrogen-bond acceptors (Lipinski definition) is 5. The molecule has 0 N–H and O–H groups in total. The molecule has 4 heterocycles. The molecule has 4 rings (SSSR count). The lowest BCUT2D eigenvalue weighted by Gasteiger charge is -2.26. The number of nitrogens with zero attached hydrogens (tertiary/aromatic N) is 2. The first-order chi connectivity index (χ1) is 11.8. The molecule has 0 saturated carbocycles. The van der Waals surface area contributed by atoms with Gasteiger partial charge in [-0.2, -0.15) is 0 Å². The second-order valence-corrected chi connectivity index (χ2v) is 6.62. The Bertz CT molecular complexity index is 688. The standard InChI is InChI=1S/C18H20N2O4/c21-17(15-3-6-22-9-15)20-7-16-10-24-13-18(16,11-20)12-23-8-14-1-4-19-5-2-14/h1-6,9,16H,7-8,10-13H2/t16-,18-/m1/s1. The fourth-order valence-corrected chi connectivity index (χ4v) is 3.61. The lowest BCUT2D eigenvalue weighted by atomic mass is 9.82. The average molecular weight is 328 g/mol. The van der Waals surface area contributed by atoms with E-state index >= 15 is 0 Å². The fourth-order valence-electron chi connectivity index (χ4n) is 3.61. The van der Waals surface area contributed by atoms with Gasteiger partial charge in [-0.1, -0.05) is 0 Å². The van der Waals surface area contributed by atoms with Gasteiger partial charge in [0.05, 0.1) is 38.3 Å². The van der Waals surface area contributed by atoms with Crippen molar-refractivity contribution >= 4 is 5.91 Å². The molecule has 6 nitrogen and oxygen atoms in total. The van der Waals surface area contributed by atoms with Gasteiger partial charge in [0.25, 0.3) is 5.91 Å². The highest BCUT2D eigenvalue weighted by Gasteiger charge is 2.52. The van der Waals surface area contributed by atoms with E-state index in [0.29, 0.717) is 51.0 Å². The summed E-state index contributed by atoms with van der Waals surface area (Å²) in [4.78, 5) is 18.5. The number of aromatic nitrogens is 1. The molecule has 2 aliphatic rings. The molecule has 24 heavy (non-hydrogen) atoms. The number of ether oxygens (including phenoxy) is 2. The van der Waals surface area contributed by atoms with Crippen LogP contribution in [-0.2, 0) is 16.1 Å². The Morgan fingerprint density at radius 3 is 3.04 bits per heavy atom. The summed E-state index contributed by atoms with van der Waals surface area (Å²) in [5.41, 5.74) is 1.59. The average Bonchev–Trinajstić information content (AvgIpc) is 3.31. The van der Waals surface area contributed by atoms with Gasteiger partial charge < -0.3 is 18.8 Å².